The molecule has 2 aromatic carbocycles. The molecule has 1 heterocycles. The lowest BCUT2D eigenvalue weighted by molar-refractivity contribution is 0.354. The van der Waals surface area contributed by atoms with Crippen LogP contribution in [-0.4, -0.2) is 50.1 Å². The van der Waals surface area contributed by atoms with Crippen molar-refractivity contribution in [3.63, 3.8) is 0 Å². The van der Waals surface area contributed by atoms with Gasteiger partial charge in [-0.15, -0.1) is 24.0 Å². The van der Waals surface area contributed by atoms with E-state index in [1.165, 1.54) is 11.1 Å². The average Bonchev–Trinajstić information content (AvgIpc) is 3.33. The van der Waals surface area contributed by atoms with Gasteiger partial charge >= 0.3 is 0 Å². The van der Waals surface area contributed by atoms with Crippen LogP contribution in [0.15, 0.2) is 65.9 Å². The van der Waals surface area contributed by atoms with Gasteiger partial charge in [-0.05, 0) is 54.3 Å². The lowest BCUT2D eigenvalue weighted by atomic mass is 10.1. The lowest BCUT2D eigenvalue weighted by Crippen LogP contribution is -2.39. The minimum Gasteiger partial charge on any atom is -0.493 e. The fourth-order valence-corrected chi connectivity index (χ4v) is 3.14. The molecule has 3 aromatic rings. The van der Waals surface area contributed by atoms with Crippen LogP contribution in [-0.2, 0) is 12.8 Å². The predicted molar refractivity (Wildman–Crippen MR) is 135 cm³/mol. The Morgan fingerprint density at radius 2 is 1.58 bits per heavy atom. The molecule has 7 nitrogen and oxygen atoms in total. The molecule has 0 saturated heterocycles. The van der Waals surface area contributed by atoms with E-state index in [1.54, 1.807) is 27.5 Å². The van der Waals surface area contributed by atoms with Crippen molar-refractivity contribution >= 4 is 29.9 Å². The van der Waals surface area contributed by atoms with E-state index in [2.05, 4.69) is 45.0 Å². The van der Waals surface area contributed by atoms with E-state index >= 15 is 0 Å². The number of rotatable bonds is 9. The minimum absolute atomic E-state index is 0. The van der Waals surface area contributed by atoms with E-state index in [-0.39, 0.29) is 24.0 Å². The van der Waals surface area contributed by atoms with Gasteiger partial charge in [0, 0.05) is 32.5 Å². The summed E-state index contributed by atoms with van der Waals surface area (Å²) in [5.74, 6) is 2.28. The molecule has 0 bridgehead atoms. The summed E-state index contributed by atoms with van der Waals surface area (Å²) in [6.45, 7) is 1.57. The standard InChI is InChI=1S/C23H29N5O2.HI/c1-24-23(26-15-12-19-7-10-21(29-2)22(17-19)30-3)25-14-11-18-5-8-20(9-6-18)28-16-4-13-27-28;/h4-10,13,16-17H,11-12,14-15H2,1-3H3,(H2,24,25,26);1H. The lowest BCUT2D eigenvalue weighted by Gasteiger charge is -2.13. The third-order valence-corrected chi connectivity index (χ3v) is 4.79. The highest BCUT2D eigenvalue weighted by Crippen LogP contribution is 2.27. The minimum atomic E-state index is 0. The summed E-state index contributed by atoms with van der Waals surface area (Å²) in [6.07, 6.45) is 5.49. The van der Waals surface area contributed by atoms with E-state index in [0.717, 1.165) is 49.1 Å². The highest BCUT2D eigenvalue weighted by molar-refractivity contribution is 14.0. The summed E-state index contributed by atoms with van der Waals surface area (Å²) in [6, 6.07) is 16.3. The number of ether oxygens (including phenoxy) is 2. The van der Waals surface area contributed by atoms with Gasteiger partial charge in [0.15, 0.2) is 17.5 Å². The molecule has 8 heteroatoms. The van der Waals surface area contributed by atoms with Crippen LogP contribution in [0.5, 0.6) is 11.5 Å². The van der Waals surface area contributed by atoms with Gasteiger partial charge in [0.05, 0.1) is 19.9 Å². The van der Waals surface area contributed by atoms with Crippen molar-refractivity contribution in [2.75, 3.05) is 34.4 Å². The molecule has 0 radical (unpaired) electrons. The first-order chi connectivity index (χ1) is 14.7. The first-order valence-corrected chi connectivity index (χ1v) is 9.98. The first-order valence-electron chi connectivity index (χ1n) is 9.98. The summed E-state index contributed by atoms with van der Waals surface area (Å²) in [5.41, 5.74) is 3.50. The SMILES string of the molecule is CN=C(NCCc1ccc(-n2cccn2)cc1)NCCc1ccc(OC)c(OC)c1.I. The summed E-state index contributed by atoms with van der Waals surface area (Å²) in [4.78, 5) is 4.30. The van der Waals surface area contributed by atoms with Crippen LogP contribution >= 0.6 is 24.0 Å². The van der Waals surface area contributed by atoms with Crippen molar-refractivity contribution in [3.8, 4) is 17.2 Å². The zero-order valence-corrected chi connectivity index (χ0v) is 20.5. The Hall–Kier alpha value is -2.75. The zero-order chi connectivity index (χ0) is 21.2. The molecule has 0 fully saturated rings. The molecule has 0 aliphatic heterocycles. The fraction of sp³-hybridized carbons (Fsp3) is 0.304. The molecular formula is C23H30IN5O2. The van der Waals surface area contributed by atoms with Crippen molar-refractivity contribution in [2.45, 2.75) is 12.8 Å². The number of methoxy groups -OCH3 is 2. The summed E-state index contributed by atoms with van der Waals surface area (Å²) < 4.78 is 12.5. The number of nitrogens with zero attached hydrogens (tertiary/aromatic N) is 3. The molecule has 0 atom stereocenters. The Balaban J connectivity index is 0.00000341. The first kappa shape index (κ1) is 24.5. The molecule has 0 aliphatic carbocycles. The number of benzene rings is 2. The van der Waals surface area contributed by atoms with Gasteiger partial charge in [-0.2, -0.15) is 5.10 Å². The van der Waals surface area contributed by atoms with E-state index in [1.807, 2.05) is 35.1 Å². The van der Waals surface area contributed by atoms with E-state index in [9.17, 15) is 0 Å². The summed E-state index contributed by atoms with van der Waals surface area (Å²) in [5, 5.41) is 11.0. The molecule has 1 aromatic heterocycles. The van der Waals surface area contributed by atoms with Crippen LogP contribution in [0.3, 0.4) is 0 Å². The maximum Gasteiger partial charge on any atom is 0.190 e. The van der Waals surface area contributed by atoms with Crippen molar-refractivity contribution in [1.82, 2.24) is 20.4 Å². The normalized spacial score (nSPS) is 10.9. The maximum absolute atomic E-state index is 5.36. The van der Waals surface area contributed by atoms with Gasteiger partial charge in [-0.3, -0.25) is 4.99 Å². The second kappa shape index (κ2) is 12.8. The molecule has 0 aliphatic rings. The number of hydrogen-bond acceptors (Lipinski definition) is 4. The molecule has 0 saturated carbocycles. The quantitative estimate of drug-likeness (QED) is 0.250. The molecule has 0 amide bonds. The maximum atomic E-state index is 5.36. The summed E-state index contributed by atoms with van der Waals surface area (Å²) >= 11 is 0. The number of halogens is 1. The van der Waals surface area contributed by atoms with Crippen molar-refractivity contribution in [1.29, 1.82) is 0 Å². The van der Waals surface area contributed by atoms with Crippen LogP contribution < -0.4 is 20.1 Å². The molecular weight excluding hydrogens is 505 g/mol. The Bertz CT molecular complexity index is 943. The number of hydrogen-bond donors (Lipinski definition) is 2. The number of aliphatic imine (C=N–C) groups is 1. The smallest absolute Gasteiger partial charge is 0.190 e. The van der Waals surface area contributed by atoms with Gasteiger partial charge in [-0.1, -0.05) is 18.2 Å². The third-order valence-electron chi connectivity index (χ3n) is 4.79. The van der Waals surface area contributed by atoms with Gasteiger partial charge in [0.2, 0.25) is 0 Å². The predicted octanol–water partition coefficient (Wildman–Crippen LogP) is 3.46. The Morgan fingerprint density at radius 1 is 0.935 bits per heavy atom. The van der Waals surface area contributed by atoms with E-state index in [0.29, 0.717) is 0 Å². The van der Waals surface area contributed by atoms with Gasteiger partial charge in [-0.25, -0.2) is 4.68 Å². The van der Waals surface area contributed by atoms with Crippen LogP contribution in [0.25, 0.3) is 5.69 Å². The van der Waals surface area contributed by atoms with Crippen molar-refractivity contribution in [2.24, 2.45) is 4.99 Å². The molecule has 166 valence electrons. The Kier molecular flexibility index (Phi) is 10.2. The van der Waals surface area contributed by atoms with Crippen LogP contribution in [0, 0.1) is 0 Å². The number of guanidine groups is 1. The van der Waals surface area contributed by atoms with Crippen molar-refractivity contribution < 1.29 is 9.47 Å². The fourth-order valence-electron chi connectivity index (χ4n) is 3.14. The van der Waals surface area contributed by atoms with Gasteiger partial charge in [0.25, 0.3) is 0 Å². The van der Waals surface area contributed by atoms with Crippen LogP contribution in [0.2, 0.25) is 0 Å². The molecule has 0 spiro atoms. The molecule has 3 rings (SSSR count). The van der Waals surface area contributed by atoms with E-state index < -0.39 is 0 Å². The topological polar surface area (TPSA) is 72.7 Å². The van der Waals surface area contributed by atoms with Gasteiger partial charge < -0.3 is 20.1 Å². The second-order valence-corrected chi connectivity index (χ2v) is 6.73. The van der Waals surface area contributed by atoms with Gasteiger partial charge in [0.1, 0.15) is 0 Å². The largest absolute Gasteiger partial charge is 0.493 e. The van der Waals surface area contributed by atoms with Crippen molar-refractivity contribution in [3.05, 3.63) is 72.1 Å². The average molecular weight is 535 g/mol. The number of nitrogens with one attached hydrogen (secondary N) is 2. The molecule has 0 unspecified atom stereocenters. The third kappa shape index (κ3) is 7.16. The number of aromatic nitrogens is 2. The highest BCUT2D eigenvalue weighted by Gasteiger charge is 2.05. The second-order valence-electron chi connectivity index (χ2n) is 6.73. The van der Waals surface area contributed by atoms with E-state index in [4.69, 9.17) is 9.47 Å². The zero-order valence-electron chi connectivity index (χ0n) is 18.2. The molecule has 2 N–H and O–H groups in total. The summed E-state index contributed by atoms with van der Waals surface area (Å²) in [7, 11) is 5.07. The van der Waals surface area contributed by atoms with Crippen LogP contribution in [0.1, 0.15) is 11.1 Å². The van der Waals surface area contributed by atoms with Crippen LogP contribution in [0.4, 0.5) is 0 Å². The highest BCUT2D eigenvalue weighted by atomic mass is 127. The Labute approximate surface area is 200 Å². The Morgan fingerprint density at radius 3 is 2.16 bits per heavy atom. The molecule has 31 heavy (non-hydrogen) atoms. The monoisotopic (exact) mass is 535 g/mol.